The first kappa shape index (κ1) is 16.1. The molecule has 1 aromatic rings. The molecule has 0 spiro atoms. The highest BCUT2D eigenvalue weighted by Gasteiger charge is 2.16. The van der Waals surface area contributed by atoms with Gasteiger partial charge in [0.2, 0.25) is 0 Å². The molecule has 0 aliphatic heterocycles. The minimum Gasteiger partial charge on any atom is -0.385 e. The van der Waals surface area contributed by atoms with Gasteiger partial charge in [0.25, 0.3) is 5.91 Å². The van der Waals surface area contributed by atoms with E-state index in [1.165, 1.54) is 32.1 Å². The van der Waals surface area contributed by atoms with Crippen LogP contribution < -0.4 is 5.32 Å². The monoisotopic (exact) mass is 292 g/mol. The first-order valence-corrected chi connectivity index (χ1v) is 8.15. The Morgan fingerprint density at radius 3 is 2.86 bits per heavy atom. The summed E-state index contributed by atoms with van der Waals surface area (Å²) in [7, 11) is 1.71. The smallest absolute Gasteiger partial charge is 0.253 e. The topological polar surface area (TPSA) is 43.3 Å². The molecule has 1 fully saturated rings. The molecule has 118 valence electrons. The van der Waals surface area contributed by atoms with Crippen molar-refractivity contribution in [3.63, 3.8) is 0 Å². The summed E-state index contributed by atoms with van der Waals surface area (Å²) in [5, 5.41) is 3.11. The number of methoxy groups -OCH3 is 1. The molecular formula is C17H28N2O2. The van der Waals surface area contributed by atoms with E-state index in [9.17, 15) is 4.79 Å². The van der Waals surface area contributed by atoms with Crippen molar-refractivity contribution in [2.75, 3.05) is 20.3 Å². The van der Waals surface area contributed by atoms with Crippen molar-refractivity contribution in [3.05, 3.63) is 23.5 Å². The second-order valence-electron chi connectivity index (χ2n) is 6.07. The number of ether oxygens (including phenoxy) is 1. The normalized spacial score (nSPS) is 16.1. The lowest BCUT2D eigenvalue weighted by molar-refractivity contribution is 0.0943. The van der Waals surface area contributed by atoms with Gasteiger partial charge in [0, 0.05) is 38.7 Å². The van der Waals surface area contributed by atoms with Gasteiger partial charge in [-0.25, -0.2) is 0 Å². The zero-order valence-electron chi connectivity index (χ0n) is 13.4. The molecule has 0 saturated heterocycles. The Bertz CT molecular complexity index is 448. The van der Waals surface area contributed by atoms with Crippen molar-refractivity contribution in [2.24, 2.45) is 5.92 Å². The molecule has 1 N–H and O–H groups in total. The highest BCUT2D eigenvalue weighted by atomic mass is 16.5. The third-order valence-corrected chi connectivity index (χ3v) is 4.51. The standard InChI is InChI=1S/C17H28N2O2/c1-14-16(9-11-19(14)10-6-12-21-2)17(20)18-13-15-7-4-3-5-8-15/h9,11,15H,3-8,10,12-13H2,1-2H3,(H,18,20). The highest BCUT2D eigenvalue weighted by molar-refractivity contribution is 5.95. The predicted octanol–water partition coefficient (Wildman–Crippen LogP) is 3.14. The summed E-state index contributed by atoms with van der Waals surface area (Å²) in [4.78, 5) is 12.3. The number of aromatic nitrogens is 1. The molecule has 4 nitrogen and oxygen atoms in total. The van der Waals surface area contributed by atoms with Gasteiger partial charge in [-0.05, 0) is 38.2 Å². The SMILES string of the molecule is COCCCn1ccc(C(=O)NCC2CCCCC2)c1C. The third-order valence-electron chi connectivity index (χ3n) is 4.51. The van der Waals surface area contributed by atoms with Crippen LogP contribution in [0.25, 0.3) is 0 Å². The lowest BCUT2D eigenvalue weighted by Gasteiger charge is -2.21. The van der Waals surface area contributed by atoms with Crippen LogP contribution in [0.15, 0.2) is 12.3 Å². The van der Waals surface area contributed by atoms with Crippen LogP contribution in [0.2, 0.25) is 0 Å². The van der Waals surface area contributed by atoms with Gasteiger partial charge in [0.15, 0.2) is 0 Å². The molecule has 1 aliphatic rings. The lowest BCUT2D eigenvalue weighted by atomic mass is 9.89. The molecular weight excluding hydrogens is 264 g/mol. The Morgan fingerprint density at radius 1 is 1.38 bits per heavy atom. The molecule has 0 unspecified atom stereocenters. The lowest BCUT2D eigenvalue weighted by Crippen LogP contribution is -2.30. The second-order valence-corrected chi connectivity index (χ2v) is 6.07. The Labute approximate surface area is 127 Å². The average molecular weight is 292 g/mol. The maximum atomic E-state index is 12.3. The summed E-state index contributed by atoms with van der Waals surface area (Å²) >= 11 is 0. The number of nitrogens with zero attached hydrogens (tertiary/aromatic N) is 1. The van der Waals surface area contributed by atoms with Crippen LogP contribution in [0, 0.1) is 12.8 Å². The zero-order chi connectivity index (χ0) is 15.1. The van der Waals surface area contributed by atoms with Gasteiger partial charge < -0.3 is 14.6 Å². The van der Waals surface area contributed by atoms with Crippen LogP contribution in [0.1, 0.15) is 54.6 Å². The third kappa shape index (κ3) is 4.60. The summed E-state index contributed by atoms with van der Waals surface area (Å²) in [6.07, 6.45) is 9.48. The van der Waals surface area contributed by atoms with E-state index in [-0.39, 0.29) is 5.91 Å². The van der Waals surface area contributed by atoms with Gasteiger partial charge in [-0.2, -0.15) is 0 Å². The van der Waals surface area contributed by atoms with Crippen LogP contribution in [-0.4, -0.2) is 30.7 Å². The Hall–Kier alpha value is -1.29. The van der Waals surface area contributed by atoms with Crippen LogP contribution >= 0.6 is 0 Å². The van der Waals surface area contributed by atoms with Gasteiger partial charge in [0.05, 0.1) is 5.56 Å². The van der Waals surface area contributed by atoms with Crippen molar-refractivity contribution in [2.45, 2.75) is 52.0 Å². The zero-order valence-corrected chi connectivity index (χ0v) is 13.4. The van der Waals surface area contributed by atoms with Crippen LogP contribution in [0.3, 0.4) is 0 Å². The van der Waals surface area contributed by atoms with Gasteiger partial charge in [-0.1, -0.05) is 19.3 Å². The van der Waals surface area contributed by atoms with Gasteiger partial charge in [-0.3, -0.25) is 4.79 Å². The Balaban J connectivity index is 1.84. The molecule has 0 bridgehead atoms. The van der Waals surface area contributed by atoms with Crippen molar-refractivity contribution in [3.8, 4) is 0 Å². The molecule has 4 heteroatoms. The molecule has 1 amide bonds. The van der Waals surface area contributed by atoms with Crippen molar-refractivity contribution >= 4 is 5.91 Å². The fraction of sp³-hybridized carbons (Fsp3) is 0.706. The Kier molecular flexibility index (Phi) is 6.30. The highest BCUT2D eigenvalue weighted by Crippen LogP contribution is 2.23. The van der Waals surface area contributed by atoms with E-state index < -0.39 is 0 Å². The first-order chi connectivity index (χ1) is 10.2. The molecule has 1 saturated carbocycles. The molecule has 1 heterocycles. The molecule has 0 radical (unpaired) electrons. The molecule has 2 rings (SSSR count). The number of carbonyl (C=O) groups excluding carboxylic acids is 1. The summed E-state index contributed by atoms with van der Waals surface area (Å²) < 4.78 is 7.20. The quantitative estimate of drug-likeness (QED) is 0.785. The van der Waals surface area contributed by atoms with E-state index in [0.717, 1.165) is 37.4 Å². The summed E-state index contributed by atoms with van der Waals surface area (Å²) in [5.41, 5.74) is 1.86. The summed E-state index contributed by atoms with van der Waals surface area (Å²) in [5.74, 6) is 0.746. The van der Waals surface area contributed by atoms with Crippen molar-refractivity contribution in [1.82, 2.24) is 9.88 Å². The average Bonchev–Trinajstić information content (AvgIpc) is 2.87. The molecule has 1 aromatic heterocycles. The van der Waals surface area contributed by atoms with Crippen LogP contribution in [0.5, 0.6) is 0 Å². The van der Waals surface area contributed by atoms with E-state index in [0.29, 0.717) is 5.92 Å². The van der Waals surface area contributed by atoms with Crippen molar-refractivity contribution < 1.29 is 9.53 Å². The van der Waals surface area contributed by atoms with E-state index in [4.69, 9.17) is 4.74 Å². The fourth-order valence-corrected chi connectivity index (χ4v) is 3.14. The number of carbonyl (C=O) groups is 1. The number of hydrogen-bond acceptors (Lipinski definition) is 2. The van der Waals surface area contributed by atoms with Crippen molar-refractivity contribution in [1.29, 1.82) is 0 Å². The van der Waals surface area contributed by atoms with E-state index >= 15 is 0 Å². The van der Waals surface area contributed by atoms with Gasteiger partial charge in [0.1, 0.15) is 0 Å². The predicted molar refractivity (Wildman–Crippen MR) is 84.6 cm³/mol. The maximum absolute atomic E-state index is 12.3. The van der Waals surface area contributed by atoms with Crippen LogP contribution in [0.4, 0.5) is 0 Å². The van der Waals surface area contributed by atoms with Crippen LogP contribution in [-0.2, 0) is 11.3 Å². The summed E-state index contributed by atoms with van der Waals surface area (Å²) in [6, 6.07) is 1.93. The Morgan fingerprint density at radius 2 is 2.14 bits per heavy atom. The van der Waals surface area contributed by atoms with E-state index in [1.807, 2.05) is 19.2 Å². The molecule has 0 aromatic carbocycles. The second kappa shape index (κ2) is 8.23. The van der Waals surface area contributed by atoms with Gasteiger partial charge in [-0.15, -0.1) is 0 Å². The van der Waals surface area contributed by atoms with Gasteiger partial charge >= 0.3 is 0 Å². The molecule has 0 atom stereocenters. The number of rotatable bonds is 7. The fourth-order valence-electron chi connectivity index (χ4n) is 3.14. The molecule has 1 aliphatic carbocycles. The first-order valence-electron chi connectivity index (χ1n) is 8.15. The number of hydrogen-bond donors (Lipinski definition) is 1. The van der Waals surface area contributed by atoms with E-state index in [1.54, 1.807) is 7.11 Å². The number of nitrogens with one attached hydrogen (secondary N) is 1. The summed E-state index contributed by atoms with van der Waals surface area (Å²) in [6.45, 7) is 4.49. The molecule has 21 heavy (non-hydrogen) atoms. The maximum Gasteiger partial charge on any atom is 0.253 e. The number of amides is 1. The number of aryl methyl sites for hydroxylation is 1. The minimum absolute atomic E-state index is 0.0727. The van der Waals surface area contributed by atoms with E-state index in [2.05, 4.69) is 9.88 Å². The largest absolute Gasteiger partial charge is 0.385 e. The minimum atomic E-state index is 0.0727.